The van der Waals surface area contributed by atoms with Gasteiger partial charge >= 0.3 is 0 Å². The molecule has 0 spiro atoms. The third-order valence-electron chi connectivity index (χ3n) is 3.80. The van der Waals surface area contributed by atoms with Crippen LogP contribution in [0, 0.1) is 12.7 Å². The Morgan fingerprint density at radius 2 is 1.84 bits per heavy atom. The number of carbonyl (C=O) groups is 1. The predicted molar refractivity (Wildman–Crippen MR) is 95.3 cm³/mol. The number of carbonyl (C=O) groups excluding carboxylic acids is 1. The molecule has 0 saturated heterocycles. The quantitative estimate of drug-likeness (QED) is 0.791. The van der Waals surface area contributed by atoms with Crippen LogP contribution >= 0.6 is 0 Å². The summed E-state index contributed by atoms with van der Waals surface area (Å²) in [4.78, 5) is 24.4. The van der Waals surface area contributed by atoms with Crippen LogP contribution in [0.4, 0.5) is 10.1 Å². The van der Waals surface area contributed by atoms with Gasteiger partial charge in [-0.15, -0.1) is 0 Å². The van der Waals surface area contributed by atoms with Crippen molar-refractivity contribution in [3.8, 4) is 0 Å². The van der Waals surface area contributed by atoms with Crippen molar-refractivity contribution in [2.45, 2.75) is 13.5 Å². The van der Waals surface area contributed by atoms with Crippen molar-refractivity contribution in [2.75, 3.05) is 5.32 Å². The summed E-state index contributed by atoms with van der Waals surface area (Å²) in [6.07, 6.45) is 1.51. The number of nitrogens with zero attached hydrogens (tertiary/aromatic N) is 1. The van der Waals surface area contributed by atoms with Crippen molar-refractivity contribution in [1.29, 1.82) is 0 Å². The van der Waals surface area contributed by atoms with Gasteiger partial charge in [0.05, 0.1) is 12.1 Å². The molecule has 0 aliphatic heterocycles. The zero-order valence-corrected chi connectivity index (χ0v) is 13.7. The Hall–Kier alpha value is -3.21. The molecule has 1 aromatic heterocycles. The van der Waals surface area contributed by atoms with Gasteiger partial charge in [-0.1, -0.05) is 35.9 Å². The van der Waals surface area contributed by atoms with Crippen LogP contribution in [0.2, 0.25) is 0 Å². The second-order valence-corrected chi connectivity index (χ2v) is 5.83. The molecule has 0 saturated carbocycles. The van der Waals surface area contributed by atoms with E-state index >= 15 is 0 Å². The summed E-state index contributed by atoms with van der Waals surface area (Å²) in [6, 6.07) is 16.3. The predicted octanol–water partition coefficient (Wildman–Crippen LogP) is 3.60. The van der Waals surface area contributed by atoms with Crippen LogP contribution in [-0.4, -0.2) is 10.5 Å². The average molecular weight is 336 g/mol. The van der Waals surface area contributed by atoms with Crippen LogP contribution in [0.25, 0.3) is 0 Å². The Kier molecular flexibility index (Phi) is 4.75. The summed E-state index contributed by atoms with van der Waals surface area (Å²) >= 11 is 0. The van der Waals surface area contributed by atoms with Crippen LogP contribution in [0.5, 0.6) is 0 Å². The maximum atomic E-state index is 13.2. The minimum absolute atomic E-state index is 0.192. The van der Waals surface area contributed by atoms with Crippen molar-refractivity contribution in [3.63, 3.8) is 0 Å². The van der Waals surface area contributed by atoms with Gasteiger partial charge in [0.1, 0.15) is 5.82 Å². The SMILES string of the molecule is Cc1ccc(Cn2cc(C(=O)Nc3cccc(F)c3)ccc2=O)cc1. The van der Waals surface area contributed by atoms with E-state index in [4.69, 9.17) is 0 Å². The average Bonchev–Trinajstić information content (AvgIpc) is 2.59. The normalized spacial score (nSPS) is 10.5. The highest BCUT2D eigenvalue weighted by molar-refractivity contribution is 6.04. The third-order valence-corrected chi connectivity index (χ3v) is 3.80. The molecule has 0 fully saturated rings. The van der Waals surface area contributed by atoms with Crippen molar-refractivity contribution in [1.82, 2.24) is 4.57 Å². The van der Waals surface area contributed by atoms with Crippen LogP contribution in [0.3, 0.4) is 0 Å². The lowest BCUT2D eigenvalue weighted by atomic mass is 10.1. The highest BCUT2D eigenvalue weighted by Crippen LogP contribution is 2.11. The summed E-state index contributed by atoms with van der Waals surface area (Å²) in [7, 11) is 0. The lowest BCUT2D eigenvalue weighted by Crippen LogP contribution is -2.22. The van der Waals surface area contributed by atoms with Crippen LogP contribution in [0.1, 0.15) is 21.5 Å². The van der Waals surface area contributed by atoms with E-state index in [-0.39, 0.29) is 5.56 Å². The molecular formula is C20H17FN2O2. The summed E-state index contributed by atoms with van der Waals surface area (Å²) in [5, 5.41) is 2.62. The van der Waals surface area contributed by atoms with Gasteiger partial charge in [0.25, 0.3) is 11.5 Å². The van der Waals surface area contributed by atoms with Crippen molar-refractivity contribution < 1.29 is 9.18 Å². The maximum absolute atomic E-state index is 13.2. The van der Waals surface area contributed by atoms with Crippen molar-refractivity contribution >= 4 is 11.6 Å². The fraction of sp³-hybridized carbons (Fsp3) is 0.100. The summed E-state index contributed by atoms with van der Waals surface area (Å²) in [5.74, 6) is -0.828. The molecule has 4 nitrogen and oxygen atoms in total. The minimum atomic E-state index is -0.429. The number of benzene rings is 2. The van der Waals surface area contributed by atoms with Crippen LogP contribution in [0.15, 0.2) is 71.7 Å². The number of anilines is 1. The highest BCUT2D eigenvalue weighted by Gasteiger charge is 2.09. The monoisotopic (exact) mass is 336 g/mol. The molecule has 0 atom stereocenters. The number of aromatic nitrogens is 1. The number of nitrogens with one attached hydrogen (secondary N) is 1. The molecular weight excluding hydrogens is 319 g/mol. The van der Waals surface area contributed by atoms with E-state index in [1.807, 2.05) is 31.2 Å². The van der Waals surface area contributed by atoms with Gasteiger partial charge in [-0.25, -0.2) is 4.39 Å². The van der Waals surface area contributed by atoms with E-state index in [0.29, 0.717) is 17.8 Å². The van der Waals surface area contributed by atoms with E-state index in [1.165, 1.54) is 41.1 Å². The zero-order valence-electron chi connectivity index (χ0n) is 13.7. The molecule has 1 N–H and O–H groups in total. The number of halogens is 1. The summed E-state index contributed by atoms with van der Waals surface area (Å²) in [6.45, 7) is 2.37. The van der Waals surface area contributed by atoms with E-state index < -0.39 is 11.7 Å². The van der Waals surface area contributed by atoms with Gasteiger partial charge < -0.3 is 9.88 Å². The fourth-order valence-electron chi connectivity index (χ4n) is 2.45. The molecule has 0 aliphatic carbocycles. The number of aryl methyl sites for hydroxylation is 1. The van der Waals surface area contributed by atoms with Gasteiger partial charge in [-0.05, 0) is 36.8 Å². The molecule has 25 heavy (non-hydrogen) atoms. The molecule has 0 unspecified atom stereocenters. The summed E-state index contributed by atoms with van der Waals surface area (Å²) < 4.78 is 14.7. The van der Waals surface area contributed by atoms with Gasteiger partial charge in [0.2, 0.25) is 0 Å². The second kappa shape index (κ2) is 7.13. The van der Waals surface area contributed by atoms with Crippen LogP contribution < -0.4 is 10.9 Å². The standard InChI is InChI=1S/C20H17FN2O2/c1-14-5-7-15(8-6-14)12-23-13-16(9-10-19(23)24)20(25)22-18-4-2-3-17(21)11-18/h2-11,13H,12H2,1H3,(H,22,25). The topological polar surface area (TPSA) is 51.1 Å². The number of hydrogen-bond acceptors (Lipinski definition) is 2. The Morgan fingerprint density at radius 3 is 2.56 bits per heavy atom. The number of rotatable bonds is 4. The van der Waals surface area contributed by atoms with E-state index in [1.54, 1.807) is 6.07 Å². The molecule has 3 rings (SSSR count). The third kappa shape index (κ3) is 4.20. The Labute approximate surface area is 144 Å². The Bertz CT molecular complexity index is 962. The first-order valence-electron chi connectivity index (χ1n) is 7.84. The largest absolute Gasteiger partial charge is 0.322 e. The van der Waals surface area contributed by atoms with Gasteiger partial charge in [0, 0.05) is 18.0 Å². The second-order valence-electron chi connectivity index (χ2n) is 5.83. The van der Waals surface area contributed by atoms with Gasteiger partial charge in [-0.3, -0.25) is 9.59 Å². The molecule has 5 heteroatoms. The first-order chi connectivity index (χ1) is 12.0. The lowest BCUT2D eigenvalue weighted by Gasteiger charge is -2.09. The first kappa shape index (κ1) is 16.6. The first-order valence-corrected chi connectivity index (χ1v) is 7.84. The molecule has 0 radical (unpaired) electrons. The number of amides is 1. The fourth-order valence-corrected chi connectivity index (χ4v) is 2.45. The van der Waals surface area contributed by atoms with E-state index in [9.17, 15) is 14.0 Å². The van der Waals surface area contributed by atoms with E-state index in [2.05, 4.69) is 5.32 Å². The zero-order chi connectivity index (χ0) is 17.8. The summed E-state index contributed by atoms with van der Waals surface area (Å²) in [5.41, 5.74) is 2.61. The van der Waals surface area contributed by atoms with Gasteiger partial charge in [0.15, 0.2) is 0 Å². The highest BCUT2D eigenvalue weighted by atomic mass is 19.1. The molecule has 1 heterocycles. The number of hydrogen-bond donors (Lipinski definition) is 1. The molecule has 2 aromatic carbocycles. The maximum Gasteiger partial charge on any atom is 0.257 e. The molecule has 0 aliphatic rings. The minimum Gasteiger partial charge on any atom is -0.322 e. The number of pyridine rings is 1. The molecule has 0 bridgehead atoms. The smallest absolute Gasteiger partial charge is 0.257 e. The Balaban J connectivity index is 1.82. The molecule has 3 aromatic rings. The van der Waals surface area contributed by atoms with Crippen molar-refractivity contribution in [2.24, 2.45) is 0 Å². The Morgan fingerprint density at radius 1 is 1.08 bits per heavy atom. The lowest BCUT2D eigenvalue weighted by molar-refractivity contribution is 0.102. The van der Waals surface area contributed by atoms with Crippen LogP contribution in [-0.2, 0) is 6.54 Å². The molecule has 1 amide bonds. The van der Waals surface area contributed by atoms with E-state index in [0.717, 1.165) is 11.1 Å². The van der Waals surface area contributed by atoms with Gasteiger partial charge in [-0.2, -0.15) is 0 Å². The van der Waals surface area contributed by atoms with Crippen molar-refractivity contribution in [3.05, 3.63) is 99.7 Å². The molecule has 126 valence electrons.